The summed E-state index contributed by atoms with van der Waals surface area (Å²) in [6.45, 7) is 2.42. The molecule has 2 atom stereocenters. The van der Waals surface area contributed by atoms with Gasteiger partial charge in [0.05, 0.1) is 6.10 Å². The lowest BCUT2D eigenvalue weighted by Gasteiger charge is -2.28. The van der Waals surface area contributed by atoms with Crippen LogP contribution < -0.4 is 5.32 Å². The van der Waals surface area contributed by atoms with E-state index in [0.29, 0.717) is 12.1 Å². The van der Waals surface area contributed by atoms with Gasteiger partial charge in [-0.1, -0.05) is 0 Å². The van der Waals surface area contributed by atoms with E-state index in [2.05, 4.69) is 5.32 Å². The first-order chi connectivity index (χ1) is 6.59. The molecule has 1 aliphatic heterocycles. The van der Waals surface area contributed by atoms with E-state index >= 15 is 0 Å². The Bertz CT molecular complexity index is 330. The predicted octanol–water partition coefficient (Wildman–Crippen LogP) is 0.795. The average Bonchev–Trinajstić information content (AvgIpc) is 2.15. The van der Waals surface area contributed by atoms with Crippen molar-refractivity contribution in [1.29, 1.82) is 0 Å². The van der Waals surface area contributed by atoms with E-state index in [9.17, 15) is 15.3 Å². The minimum Gasteiger partial charge on any atom is -0.504 e. The van der Waals surface area contributed by atoms with E-state index in [1.165, 1.54) is 12.1 Å². The number of β-amino-alcohol motifs (C(OH)–C–C–N with tert-alkyl or cyclic N) is 1. The molecule has 0 unspecified atom stereocenters. The first-order valence-corrected chi connectivity index (χ1v) is 4.57. The van der Waals surface area contributed by atoms with Crippen LogP contribution in [-0.2, 0) is 0 Å². The van der Waals surface area contributed by atoms with Crippen LogP contribution in [0.15, 0.2) is 12.1 Å². The maximum absolute atomic E-state index is 9.64. The van der Waals surface area contributed by atoms with E-state index in [0.717, 1.165) is 5.56 Å². The molecule has 0 bridgehead atoms. The topological polar surface area (TPSA) is 72.7 Å². The Morgan fingerprint density at radius 3 is 2.43 bits per heavy atom. The van der Waals surface area contributed by atoms with Crippen molar-refractivity contribution >= 4 is 0 Å². The van der Waals surface area contributed by atoms with Crippen LogP contribution in [0.5, 0.6) is 11.5 Å². The number of aromatic hydroxyl groups is 2. The van der Waals surface area contributed by atoms with E-state index in [-0.39, 0.29) is 17.5 Å². The van der Waals surface area contributed by atoms with Crippen molar-refractivity contribution in [3.63, 3.8) is 0 Å². The monoisotopic (exact) mass is 195 g/mol. The van der Waals surface area contributed by atoms with E-state index in [1.54, 1.807) is 0 Å². The second-order valence-corrected chi connectivity index (χ2v) is 3.62. The fourth-order valence-corrected chi connectivity index (χ4v) is 1.78. The van der Waals surface area contributed by atoms with Crippen LogP contribution in [0, 0.1) is 0 Å². The molecule has 4 N–H and O–H groups in total. The summed E-state index contributed by atoms with van der Waals surface area (Å²) in [6, 6.07) is 3.00. The van der Waals surface area contributed by atoms with Crippen molar-refractivity contribution in [2.75, 3.05) is 6.54 Å². The standard InChI is InChI=1S/C10H13NO3/c1-5-6-2-8(12)9(13)3-7(6)10(14)4-11-5/h2-3,5,10-14H,4H2,1H3/t5-,10+/m0/s1. The second-order valence-electron chi connectivity index (χ2n) is 3.62. The van der Waals surface area contributed by atoms with Gasteiger partial charge in [0.2, 0.25) is 0 Å². The summed E-state index contributed by atoms with van der Waals surface area (Å²) >= 11 is 0. The number of phenols is 2. The quantitative estimate of drug-likeness (QED) is 0.462. The van der Waals surface area contributed by atoms with Crippen molar-refractivity contribution in [3.05, 3.63) is 23.3 Å². The Morgan fingerprint density at radius 2 is 1.79 bits per heavy atom. The van der Waals surface area contributed by atoms with Crippen molar-refractivity contribution in [2.45, 2.75) is 19.1 Å². The van der Waals surface area contributed by atoms with Crippen molar-refractivity contribution in [1.82, 2.24) is 5.32 Å². The summed E-state index contributed by atoms with van der Waals surface area (Å²) in [5, 5.41) is 31.3. The zero-order chi connectivity index (χ0) is 10.3. The molecule has 4 nitrogen and oxygen atoms in total. The molecule has 0 fully saturated rings. The SMILES string of the molecule is C[C@@H]1NC[C@@H](O)c2cc(O)c(O)cc21. The zero-order valence-electron chi connectivity index (χ0n) is 7.86. The number of hydrogen-bond acceptors (Lipinski definition) is 4. The minimum absolute atomic E-state index is 0.0832. The molecular formula is C10H13NO3. The molecule has 0 aliphatic carbocycles. The first kappa shape index (κ1) is 9.30. The first-order valence-electron chi connectivity index (χ1n) is 4.57. The van der Waals surface area contributed by atoms with Crippen molar-refractivity contribution in [3.8, 4) is 11.5 Å². The molecule has 1 aromatic carbocycles. The molecule has 2 rings (SSSR count). The molecule has 1 aromatic rings. The van der Waals surface area contributed by atoms with Crippen LogP contribution in [0.25, 0.3) is 0 Å². The Kier molecular flexibility index (Phi) is 2.09. The summed E-state index contributed by atoms with van der Waals surface area (Å²) < 4.78 is 0. The highest BCUT2D eigenvalue weighted by Crippen LogP contribution is 2.36. The highest BCUT2D eigenvalue weighted by Gasteiger charge is 2.24. The number of phenolic OH excluding ortho intramolecular Hbond substituents is 2. The van der Waals surface area contributed by atoms with Crippen molar-refractivity contribution < 1.29 is 15.3 Å². The molecule has 0 saturated carbocycles. The summed E-state index contributed by atoms with van der Waals surface area (Å²) in [5.74, 6) is -0.330. The summed E-state index contributed by atoms with van der Waals surface area (Å²) in [4.78, 5) is 0. The van der Waals surface area contributed by atoms with E-state index in [4.69, 9.17) is 0 Å². The van der Waals surface area contributed by atoms with Gasteiger partial charge in [0.1, 0.15) is 0 Å². The summed E-state index contributed by atoms with van der Waals surface area (Å²) in [6.07, 6.45) is -0.618. The molecule has 0 aromatic heterocycles. The molecule has 1 aliphatic rings. The maximum atomic E-state index is 9.64. The Balaban J connectivity index is 2.56. The van der Waals surface area contributed by atoms with Gasteiger partial charge in [-0.15, -0.1) is 0 Å². The Hall–Kier alpha value is -1.26. The van der Waals surface area contributed by atoms with E-state index in [1.807, 2.05) is 6.92 Å². The smallest absolute Gasteiger partial charge is 0.157 e. The molecule has 14 heavy (non-hydrogen) atoms. The third kappa shape index (κ3) is 1.32. The average molecular weight is 195 g/mol. The van der Waals surface area contributed by atoms with Crippen LogP contribution in [0.2, 0.25) is 0 Å². The fourth-order valence-electron chi connectivity index (χ4n) is 1.78. The molecule has 1 heterocycles. The number of hydrogen-bond donors (Lipinski definition) is 4. The lowest BCUT2D eigenvalue weighted by Crippen LogP contribution is -2.31. The third-order valence-corrected chi connectivity index (χ3v) is 2.62. The Labute approximate surface area is 81.8 Å². The van der Waals surface area contributed by atoms with Gasteiger partial charge in [-0.2, -0.15) is 0 Å². The lowest BCUT2D eigenvalue weighted by molar-refractivity contribution is 0.158. The molecule has 0 saturated heterocycles. The highest BCUT2D eigenvalue weighted by molar-refractivity contribution is 5.48. The van der Waals surface area contributed by atoms with Crippen LogP contribution in [0.3, 0.4) is 0 Å². The van der Waals surface area contributed by atoms with Gasteiger partial charge in [-0.05, 0) is 30.2 Å². The van der Waals surface area contributed by atoms with Crippen LogP contribution in [0.4, 0.5) is 0 Å². The molecule has 0 amide bonds. The van der Waals surface area contributed by atoms with Gasteiger partial charge in [0.25, 0.3) is 0 Å². The number of aliphatic hydroxyl groups is 1. The predicted molar refractivity (Wildman–Crippen MR) is 51.1 cm³/mol. The largest absolute Gasteiger partial charge is 0.504 e. The number of rotatable bonds is 0. The molecule has 0 spiro atoms. The normalized spacial score (nSPS) is 25.9. The molecule has 76 valence electrons. The number of aliphatic hydroxyl groups excluding tert-OH is 1. The van der Waals surface area contributed by atoms with Crippen LogP contribution in [0.1, 0.15) is 30.2 Å². The minimum atomic E-state index is -0.618. The van der Waals surface area contributed by atoms with Gasteiger partial charge in [0, 0.05) is 12.6 Å². The number of fused-ring (bicyclic) bond motifs is 1. The number of benzene rings is 1. The highest BCUT2D eigenvalue weighted by atomic mass is 16.3. The fraction of sp³-hybridized carbons (Fsp3) is 0.400. The van der Waals surface area contributed by atoms with Gasteiger partial charge in [0.15, 0.2) is 11.5 Å². The molecular weight excluding hydrogens is 182 g/mol. The second kappa shape index (κ2) is 3.15. The van der Waals surface area contributed by atoms with E-state index < -0.39 is 6.10 Å². The summed E-state index contributed by atoms with van der Waals surface area (Å²) in [5.41, 5.74) is 1.52. The molecule has 0 radical (unpaired) electrons. The molecule has 4 heteroatoms. The Morgan fingerprint density at radius 1 is 1.21 bits per heavy atom. The van der Waals surface area contributed by atoms with Crippen LogP contribution in [-0.4, -0.2) is 21.9 Å². The van der Waals surface area contributed by atoms with Gasteiger partial charge >= 0.3 is 0 Å². The maximum Gasteiger partial charge on any atom is 0.157 e. The van der Waals surface area contributed by atoms with Crippen LogP contribution >= 0.6 is 0 Å². The third-order valence-electron chi connectivity index (χ3n) is 2.62. The van der Waals surface area contributed by atoms with Gasteiger partial charge in [-0.25, -0.2) is 0 Å². The zero-order valence-corrected chi connectivity index (χ0v) is 7.86. The van der Waals surface area contributed by atoms with Gasteiger partial charge in [-0.3, -0.25) is 0 Å². The van der Waals surface area contributed by atoms with Gasteiger partial charge < -0.3 is 20.6 Å². The number of nitrogens with one attached hydrogen (secondary N) is 1. The van der Waals surface area contributed by atoms with Crippen molar-refractivity contribution in [2.24, 2.45) is 0 Å². The lowest BCUT2D eigenvalue weighted by atomic mass is 9.93. The summed E-state index contributed by atoms with van der Waals surface area (Å²) in [7, 11) is 0.